The zero-order valence-corrected chi connectivity index (χ0v) is 13.2. The van der Waals surface area contributed by atoms with Gasteiger partial charge in [-0.1, -0.05) is 23.4 Å². The van der Waals surface area contributed by atoms with E-state index in [0.29, 0.717) is 31.2 Å². The molecule has 24 heavy (non-hydrogen) atoms. The molecule has 0 atom stereocenters. The number of benzene rings is 1. The Morgan fingerprint density at radius 3 is 2.71 bits per heavy atom. The SMILES string of the molecule is CN(CCn1c(-c2ccccn2)noc1=O)Cc1ccc(F)cc1. The highest BCUT2D eigenvalue weighted by Crippen LogP contribution is 2.12. The third-order valence-electron chi connectivity index (χ3n) is 3.65. The van der Waals surface area contributed by atoms with Gasteiger partial charge in [0.15, 0.2) is 0 Å². The molecule has 124 valence electrons. The van der Waals surface area contributed by atoms with E-state index in [1.807, 2.05) is 18.0 Å². The fraction of sp³-hybridized carbons (Fsp3) is 0.235. The van der Waals surface area contributed by atoms with Crippen molar-refractivity contribution in [2.45, 2.75) is 13.1 Å². The first kappa shape index (κ1) is 16.1. The van der Waals surface area contributed by atoms with Gasteiger partial charge in [-0.05, 0) is 36.9 Å². The molecule has 2 aromatic heterocycles. The predicted molar refractivity (Wildman–Crippen MR) is 86.7 cm³/mol. The van der Waals surface area contributed by atoms with E-state index in [0.717, 1.165) is 5.56 Å². The lowest BCUT2D eigenvalue weighted by atomic mass is 10.2. The van der Waals surface area contributed by atoms with Crippen molar-refractivity contribution in [1.82, 2.24) is 19.6 Å². The molecule has 7 heteroatoms. The van der Waals surface area contributed by atoms with Crippen LogP contribution in [-0.4, -0.2) is 33.2 Å². The van der Waals surface area contributed by atoms with E-state index in [1.165, 1.54) is 16.7 Å². The van der Waals surface area contributed by atoms with E-state index >= 15 is 0 Å². The van der Waals surface area contributed by atoms with Crippen molar-refractivity contribution >= 4 is 0 Å². The quantitative estimate of drug-likeness (QED) is 0.694. The first-order chi connectivity index (χ1) is 11.6. The van der Waals surface area contributed by atoms with Gasteiger partial charge in [-0.3, -0.25) is 14.1 Å². The summed E-state index contributed by atoms with van der Waals surface area (Å²) in [6.07, 6.45) is 1.64. The molecule has 0 N–H and O–H groups in total. The molecule has 3 aromatic rings. The first-order valence-corrected chi connectivity index (χ1v) is 7.54. The predicted octanol–water partition coefficient (Wildman–Crippen LogP) is 2.17. The van der Waals surface area contributed by atoms with Gasteiger partial charge >= 0.3 is 5.76 Å². The van der Waals surface area contributed by atoms with Gasteiger partial charge in [0.2, 0.25) is 5.82 Å². The molecule has 6 nitrogen and oxygen atoms in total. The van der Waals surface area contributed by atoms with E-state index in [2.05, 4.69) is 10.1 Å². The zero-order valence-electron chi connectivity index (χ0n) is 13.2. The molecule has 0 aliphatic carbocycles. The smallest absolute Gasteiger partial charge is 0.300 e. The summed E-state index contributed by atoms with van der Waals surface area (Å²) in [5.74, 6) is -0.348. The fourth-order valence-electron chi connectivity index (χ4n) is 2.40. The molecule has 0 fully saturated rings. The van der Waals surface area contributed by atoms with Crippen molar-refractivity contribution in [1.29, 1.82) is 0 Å². The number of nitrogens with zero attached hydrogens (tertiary/aromatic N) is 4. The topological polar surface area (TPSA) is 64.2 Å². The average molecular weight is 328 g/mol. The number of pyridine rings is 1. The van der Waals surface area contributed by atoms with Crippen molar-refractivity contribution in [2.24, 2.45) is 0 Å². The van der Waals surface area contributed by atoms with Gasteiger partial charge in [-0.15, -0.1) is 0 Å². The summed E-state index contributed by atoms with van der Waals surface area (Å²) in [6.45, 7) is 1.68. The second-order valence-corrected chi connectivity index (χ2v) is 5.50. The molecule has 0 aliphatic heterocycles. The fourth-order valence-corrected chi connectivity index (χ4v) is 2.40. The number of hydrogen-bond donors (Lipinski definition) is 0. The van der Waals surface area contributed by atoms with Crippen LogP contribution >= 0.6 is 0 Å². The van der Waals surface area contributed by atoms with Crippen molar-refractivity contribution < 1.29 is 8.91 Å². The highest BCUT2D eigenvalue weighted by atomic mass is 19.1. The highest BCUT2D eigenvalue weighted by molar-refractivity contribution is 5.47. The Morgan fingerprint density at radius 1 is 1.21 bits per heavy atom. The maximum absolute atomic E-state index is 12.9. The van der Waals surface area contributed by atoms with Crippen molar-refractivity contribution in [3.8, 4) is 11.5 Å². The third kappa shape index (κ3) is 3.75. The van der Waals surface area contributed by atoms with Crippen LogP contribution in [0.2, 0.25) is 0 Å². The van der Waals surface area contributed by atoms with E-state index in [4.69, 9.17) is 4.52 Å². The minimum absolute atomic E-state index is 0.252. The van der Waals surface area contributed by atoms with Gasteiger partial charge in [0.05, 0.1) is 0 Å². The number of likely N-dealkylation sites (N-methyl/N-ethyl adjacent to an activating group) is 1. The summed E-state index contributed by atoms with van der Waals surface area (Å²) < 4.78 is 19.2. The van der Waals surface area contributed by atoms with Crippen molar-refractivity contribution in [3.63, 3.8) is 0 Å². The van der Waals surface area contributed by atoms with E-state index in [9.17, 15) is 9.18 Å². The average Bonchev–Trinajstić information content (AvgIpc) is 2.97. The van der Waals surface area contributed by atoms with Gasteiger partial charge in [0.25, 0.3) is 0 Å². The van der Waals surface area contributed by atoms with Crippen molar-refractivity contribution in [2.75, 3.05) is 13.6 Å². The summed E-state index contributed by atoms with van der Waals surface area (Å²) in [5, 5.41) is 3.81. The Labute approximate surface area is 138 Å². The molecule has 0 aliphatic rings. The van der Waals surface area contributed by atoms with Gasteiger partial charge < -0.3 is 4.90 Å². The van der Waals surface area contributed by atoms with Gasteiger partial charge in [0.1, 0.15) is 11.5 Å². The monoisotopic (exact) mass is 328 g/mol. The van der Waals surface area contributed by atoms with E-state index in [1.54, 1.807) is 30.5 Å². The lowest BCUT2D eigenvalue weighted by molar-refractivity contribution is 0.303. The van der Waals surface area contributed by atoms with Crippen LogP contribution < -0.4 is 5.76 Å². The normalized spacial score (nSPS) is 11.1. The molecule has 0 saturated carbocycles. The van der Waals surface area contributed by atoms with Crippen LogP contribution in [0.25, 0.3) is 11.5 Å². The summed E-state index contributed by atoms with van der Waals surface area (Å²) in [5.41, 5.74) is 1.59. The van der Waals surface area contributed by atoms with Crippen LogP contribution in [0.4, 0.5) is 4.39 Å². The number of hydrogen-bond acceptors (Lipinski definition) is 5. The molecule has 2 heterocycles. The van der Waals surface area contributed by atoms with Crippen LogP contribution in [-0.2, 0) is 13.1 Å². The molecule has 0 spiro atoms. The Balaban J connectivity index is 1.67. The highest BCUT2D eigenvalue weighted by Gasteiger charge is 2.14. The third-order valence-corrected chi connectivity index (χ3v) is 3.65. The van der Waals surface area contributed by atoms with Gasteiger partial charge in [0, 0.05) is 25.8 Å². The molecule has 0 bridgehead atoms. The van der Waals surface area contributed by atoms with Gasteiger partial charge in [-0.2, -0.15) is 0 Å². The molecule has 0 saturated heterocycles. The number of aromatic nitrogens is 3. The molecule has 0 unspecified atom stereocenters. The van der Waals surface area contributed by atoms with Crippen molar-refractivity contribution in [3.05, 3.63) is 70.6 Å². The maximum atomic E-state index is 12.9. The molecule has 1 aromatic carbocycles. The molecule has 3 rings (SSSR count). The number of halogens is 1. The Kier molecular flexibility index (Phi) is 4.81. The molecule has 0 amide bonds. The molecular weight excluding hydrogens is 311 g/mol. The van der Waals surface area contributed by atoms with Crippen LogP contribution in [0.3, 0.4) is 0 Å². The number of rotatable bonds is 6. The van der Waals surface area contributed by atoms with Crippen LogP contribution in [0.5, 0.6) is 0 Å². The lowest BCUT2D eigenvalue weighted by Crippen LogP contribution is -2.27. The molecule has 0 radical (unpaired) electrons. The summed E-state index contributed by atoms with van der Waals surface area (Å²) in [6, 6.07) is 11.8. The Hall–Kier alpha value is -2.80. The molecular formula is C17H17FN4O2. The second kappa shape index (κ2) is 7.18. The Bertz CT molecular complexity index is 843. The summed E-state index contributed by atoms with van der Waals surface area (Å²) in [4.78, 5) is 18.1. The van der Waals surface area contributed by atoms with E-state index < -0.39 is 5.76 Å². The van der Waals surface area contributed by atoms with Crippen LogP contribution in [0.15, 0.2) is 58.0 Å². The zero-order chi connectivity index (χ0) is 16.9. The standard InChI is InChI=1S/C17H17FN4O2/c1-21(12-13-5-7-14(18)8-6-13)10-11-22-16(20-24-17(22)23)15-4-2-3-9-19-15/h2-9H,10-12H2,1H3. The van der Waals surface area contributed by atoms with Crippen LogP contribution in [0.1, 0.15) is 5.56 Å². The lowest BCUT2D eigenvalue weighted by Gasteiger charge is -2.16. The Morgan fingerprint density at radius 2 is 2.00 bits per heavy atom. The minimum atomic E-state index is -0.508. The summed E-state index contributed by atoms with van der Waals surface area (Å²) >= 11 is 0. The minimum Gasteiger partial charge on any atom is -0.300 e. The van der Waals surface area contributed by atoms with Crippen LogP contribution in [0, 0.1) is 5.82 Å². The van der Waals surface area contributed by atoms with Gasteiger partial charge in [-0.25, -0.2) is 9.18 Å². The summed E-state index contributed by atoms with van der Waals surface area (Å²) in [7, 11) is 1.93. The first-order valence-electron chi connectivity index (χ1n) is 7.54. The largest absolute Gasteiger partial charge is 0.441 e. The van der Waals surface area contributed by atoms with E-state index in [-0.39, 0.29) is 5.82 Å². The maximum Gasteiger partial charge on any atom is 0.441 e. The second-order valence-electron chi connectivity index (χ2n) is 5.50.